The number of amides is 2. The summed E-state index contributed by atoms with van der Waals surface area (Å²) < 4.78 is 5.28. The quantitative estimate of drug-likeness (QED) is 0.781. The number of carboxylic acid groups (broad SMARTS) is 1. The molecule has 1 fully saturated rings. The van der Waals surface area contributed by atoms with Gasteiger partial charge in [0.1, 0.15) is 5.00 Å². The van der Waals surface area contributed by atoms with Gasteiger partial charge < -0.3 is 19.8 Å². The number of hydrogen-bond acceptors (Lipinski definition) is 5. The van der Waals surface area contributed by atoms with E-state index in [1.807, 2.05) is 6.92 Å². The van der Waals surface area contributed by atoms with E-state index in [0.29, 0.717) is 23.7 Å². The smallest absolute Gasteiger partial charge is 0.338 e. The third-order valence-electron chi connectivity index (χ3n) is 3.45. The summed E-state index contributed by atoms with van der Waals surface area (Å²) in [6.45, 7) is 4.44. The van der Waals surface area contributed by atoms with Crippen molar-refractivity contribution in [1.82, 2.24) is 4.90 Å². The highest BCUT2D eigenvalue weighted by atomic mass is 32.1. The van der Waals surface area contributed by atoms with Gasteiger partial charge in [0.2, 0.25) is 0 Å². The molecule has 1 aliphatic rings. The molecule has 1 unspecified atom stereocenters. The summed E-state index contributed by atoms with van der Waals surface area (Å²) in [6.07, 6.45) is -0.393. The lowest BCUT2D eigenvalue weighted by atomic mass is 10.1. The molecule has 0 aromatic carbocycles. The minimum absolute atomic E-state index is 0.137. The van der Waals surface area contributed by atoms with Crippen molar-refractivity contribution in [3.63, 3.8) is 0 Å². The molecule has 2 amide bonds. The fraction of sp³-hybridized carbons (Fsp3) is 0.538. The van der Waals surface area contributed by atoms with Crippen molar-refractivity contribution < 1.29 is 24.5 Å². The predicted octanol–water partition coefficient (Wildman–Crippen LogP) is 1.29. The molecular formula is C13H18N2O5S. The van der Waals surface area contributed by atoms with E-state index < -0.39 is 12.1 Å². The zero-order valence-electron chi connectivity index (χ0n) is 11.9. The maximum atomic E-state index is 12.2. The molecule has 2 heterocycles. The molecule has 116 valence electrons. The van der Waals surface area contributed by atoms with Gasteiger partial charge in [0, 0.05) is 11.4 Å². The molecule has 0 bridgehead atoms. The minimum Gasteiger partial charge on any atom is -0.478 e. The van der Waals surface area contributed by atoms with Crippen LogP contribution in [0, 0.1) is 13.8 Å². The van der Waals surface area contributed by atoms with Gasteiger partial charge in [-0.25, -0.2) is 9.59 Å². The molecule has 21 heavy (non-hydrogen) atoms. The summed E-state index contributed by atoms with van der Waals surface area (Å²) >= 11 is 1.25. The van der Waals surface area contributed by atoms with Crippen LogP contribution in [0.15, 0.2) is 0 Å². The Bertz CT molecular complexity index is 557. The van der Waals surface area contributed by atoms with Crippen molar-refractivity contribution in [3.8, 4) is 0 Å². The highest BCUT2D eigenvalue weighted by Crippen LogP contribution is 2.32. The highest BCUT2D eigenvalue weighted by Gasteiger charge is 2.26. The largest absolute Gasteiger partial charge is 0.478 e. The first-order valence-corrected chi connectivity index (χ1v) is 7.37. The first-order chi connectivity index (χ1) is 9.93. The second-order valence-corrected chi connectivity index (χ2v) is 6.07. The summed E-state index contributed by atoms with van der Waals surface area (Å²) in [7, 11) is 0. The lowest BCUT2D eigenvalue weighted by molar-refractivity contribution is -0.0388. The number of urea groups is 1. The summed E-state index contributed by atoms with van der Waals surface area (Å²) in [4.78, 5) is 25.9. The number of ether oxygens (including phenoxy) is 1. The zero-order chi connectivity index (χ0) is 15.6. The number of aryl methyl sites for hydroxylation is 1. The van der Waals surface area contributed by atoms with E-state index in [9.17, 15) is 14.7 Å². The molecule has 7 nitrogen and oxygen atoms in total. The first-order valence-electron chi connectivity index (χ1n) is 6.55. The van der Waals surface area contributed by atoms with E-state index in [1.165, 1.54) is 16.2 Å². The van der Waals surface area contributed by atoms with Crippen LogP contribution in [0.2, 0.25) is 0 Å². The average molecular weight is 314 g/mol. The number of aromatic carboxylic acids is 1. The van der Waals surface area contributed by atoms with Gasteiger partial charge in [0.05, 0.1) is 31.4 Å². The maximum absolute atomic E-state index is 12.2. The topological polar surface area (TPSA) is 99.1 Å². The second-order valence-electron chi connectivity index (χ2n) is 4.84. The van der Waals surface area contributed by atoms with Gasteiger partial charge in [0.25, 0.3) is 0 Å². The van der Waals surface area contributed by atoms with Crippen LogP contribution in [0.5, 0.6) is 0 Å². The normalized spacial score (nSPS) is 18.6. The third-order valence-corrected chi connectivity index (χ3v) is 4.57. The molecule has 1 atom stereocenters. The van der Waals surface area contributed by atoms with E-state index in [1.54, 1.807) is 6.92 Å². The molecule has 1 aromatic rings. The van der Waals surface area contributed by atoms with Gasteiger partial charge in [-0.1, -0.05) is 0 Å². The SMILES string of the molecule is Cc1sc(NC(=O)N2CCOC(CO)C2)c(C(=O)O)c1C. The Morgan fingerprint density at radius 3 is 2.81 bits per heavy atom. The number of morpholine rings is 1. The van der Waals surface area contributed by atoms with Crippen molar-refractivity contribution in [2.45, 2.75) is 20.0 Å². The Labute approximate surface area is 126 Å². The monoisotopic (exact) mass is 314 g/mol. The summed E-state index contributed by atoms with van der Waals surface area (Å²) in [5.74, 6) is -1.05. The van der Waals surface area contributed by atoms with Crippen molar-refractivity contribution >= 4 is 28.3 Å². The van der Waals surface area contributed by atoms with Crippen LogP contribution in [0.1, 0.15) is 20.8 Å². The number of nitrogens with zero attached hydrogens (tertiary/aromatic N) is 1. The Kier molecular flexibility index (Phi) is 4.81. The summed E-state index contributed by atoms with van der Waals surface area (Å²) in [6, 6.07) is -0.375. The van der Waals surface area contributed by atoms with E-state index in [4.69, 9.17) is 9.84 Å². The number of carboxylic acids is 1. The Morgan fingerprint density at radius 1 is 1.48 bits per heavy atom. The number of aliphatic hydroxyl groups is 1. The lowest BCUT2D eigenvalue weighted by Gasteiger charge is -2.31. The van der Waals surface area contributed by atoms with Crippen LogP contribution in [0.25, 0.3) is 0 Å². The van der Waals surface area contributed by atoms with Gasteiger partial charge in [-0.05, 0) is 19.4 Å². The molecule has 0 spiro atoms. The van der Waals surface area contributed by atoms with Crippen molar-refractivity contribution in [2.24, 2.45) is 0 Å². The fourth-order valence-electron chi connectivity index (χ4n) is 2.16. The van der Waals surface area contributed by atoms with Gasteiger partial charge in [-0.2, -0.15) is 0 Å². The van der Waals surface area contributed by atoms with Crippen molar-refractivity contribution in [3.05, 3.63) is 16.0 Å². The minimum atomic E-state index is -1.05. The number of aliphatic hydroxyl groups excluding tert-OH is 1. The van der Waals surface area contributed by atoms with Gasteiger partial charge in [-0.15, -0.1) is 11.3 Å². The molecule has 0 saturated carbocycles. The van der Waals surface area contributed by atoms with Crippen LogP contribution in [-0.4, -0.2) is 59.5 Å². The molecule has 1 saturated heterocycles. The molecule has 1 aromatic heterocycles. The summed E-state index contributed by atoms with van der Waals surface area (Å²) in [5.41, 5.74) is 0.802. The summed E-state index contributed by atoms with van der Waals surface area (Å²) in [5, 5.41) is 21.3. The molecule has 2 rings (SSSR count). The van der Waals surface area contributed by atoms with Crippen LogP contribution in [-0.2, 0) is 4.74 Å². The second kappa shape index (κ2) is 6.42. The first kappa shape index (κ1) is 15.7. The standard InChI is InChI=1S/C13H18N2O5S/c1-7-8(2)21-11(10(7)12(17)18)14-13(19)15-3-4-20-9(5-15)6-16/h9,16H,3-6H2,1-2H3,(H,14,19)(H,17,18). The lowest BCUT2D eigenvalue weighted by Crippen LogP contribution is -2.48. The zero-order valence-corrected chi connectivity index (χ0v) is 12.7. The van der Waals surface area contributed by atoms with Gasteiger partial charge in [0.15, 0.2) is 0 Å². The third kappa shape index (κ3) is 3.34. The average Bonchev–Trinajstić information content (AvgIpc) is 2.73. The number of nitrogens with one attached hydrogen (secondary N) is 1. The molecule has 1 aliphatic heterocycles. The highest BCUT2D eigenvalue weighted by molar-refractivity contribution is 7.16. The predicted molar refractivity (Wildman–Crippen MR) is 78.2 cm³/mol. The Balaban J connectivity index is 2.13. The van der Waals surface area contributed by atoms with Crippen LogP contribution < -0.4 is 5.32 Å². The van der Waals surface area contributed by atoms with E-state index in [2.05, 4.69) is 5.32 Å². The van der Waals surface area contributed by atoms with Crippen molar-refractivity contribution in [2.75, 3.05) is 31.6 Å². The number of carbonyl (C=O) groups is 2. The van der Waals surface area contributed by atoms with Crippen LogP contribution >= 0.6 is 11.3 Å². The number of rotatable bonds is 3. The van der Waals surface area contributed by atoms with E-state index in [-0.39, 0.29) is 24.7 Å². The van der Waals surface area contributed by atoms with E-state index >= 15 is 0 Å². The van der Waals surface area contributed by atoms with Crippen molar-refractivity contribution in [1.29, 1.82) is 0 Å². The Hall–Kier alpha value is -1.64. The van der Waals surface area contributed by atoms with Gasteiger partial charge in [-0.3, -0.25) is 5.32 Å². The van der Waals surface area contributed by atoms with Crippen LogP contribution in [0.3, 0.4) is 0 Å². The molecule has 0 aliphatic carbocycles. The molecule has 0 radical (unpaired) electrons. The fourth-order valence-corrected chi connectivity index (χ4v) is 3.21. The number of thiophene rings is 1. The van der Waals surface area contributed by atoms with Gasteiger partial charge >= 0.3 is 12.0 Å². The molecule has 3 N–H and O–H groups in total. The molecular weight excluding hydrogens is 296 g/mol. The maximum Gasteiger partial charge on any atom is 0.338 e. The van der Waals surface area contributed by atoms with E-state index in [0.717, 1.165) is 4.88 Å². The number of anilines is 1. The Morgan fingerprint density at radius 2 is 2.19 bits per heavy atom. The number of hydrogen-bond donors (Lipinski definition) is 3. The van der Waals surface area contributed by atoms with Crippen LogP contribution in [0.4, 0.5) is 9.80 Å². The molecule has 8 heteroatoms. The number of carbonyl (C=O) groups excluding carboxylic acids is 1.